The Kier molecular flexibility index (Phi) is 4.50. The van der Waals surface area contributed by atoms with Crippen molar-refractivity contribution in [2.45, 2.75) is 12.1 Å². The summed E-state index contributed by atoms with van der Waals surface area (Å²) in [7, 11) is 0. The molecule has 94 valence electrons. The standard InChI is InChI=1S/C7H15F2N5O2/c8-6(9)12-5-13-7(14-6,10-1-3-15)11-2-4-16/h5,10-11,14-16H,1-4H2,(H,12,13). The van der Waals surface area contributed by atoms with Crippen LogP contribution in [0.2, 0.25) is 0 Å². The molecule has 0 aromatic heterocycles. The van der Waals surface area contributed by atoms with Crippen molar-refractivity contribution < 1.29 is 19.0 Å². The van der Waals surface area contributed by atoms with Crippen molar-refractivity contribution in [3.63, 3.8) is 0 Å². The van der Waals surface area contributed by atoms with Gasteiger partial charge >= 0.3 is 6.17 Å². The molecule has 0 aliphatic carbocycles. The van der Waals surface area contributed by atoms with Crippen molar-refractivity contribution in [1.29, 1.82) is 0 Å². The number of nitrogens with zero attached hydrogens (tertiary/aromatic N) is 1. The van der Waals surface area contributed by atoms with E-state index in [1.54, 1.807) is 0 Å². The lowest BCUT2D eigenvalue weighted by Crippen LogP contribution is -2.79. The molecular weight excluding hydrogens is 224 g/mol. The highest BCUT2D eigenvalue weighted by Gasteiger charge is 2.42. The molecule has 6 N–H and O–H groups in total. The van der Waals surface area contributed by atoms with Gasteiger partial charge in [-0.05, 0) is 0 Å². The minimum absolute atomic E-state index is 0.0857. The fraction of sp³-hybridized carbons (Fsp3) is 0.857. The maximum Gasteiger partial charge on any atom is 0.411 e. The summed E-state index contributed by atoms with van der Waals surface area (Å²) in [6.45, 7) is -0.256. The predicted octanol–water partition coefficient (Wildman–Crippen LogP) is -2.47. The van der Waals surface area contributed by atoms with E-state index in [1.165, 1.54) is 0 Å². The summed E-state index contributed by atoms with van der Waals surface area (Å²) < 4.78 is 26.0. The zero-order valence-corrected chi connectivity index (χ0v) is 8.50. The molecule has 0 spiro atoms. The monoisotopic (exact) mass is 239 g/mol. The highest BCUT2D eigenvalue weighted by atomic mass is 19.3. The molecule has 0 atom stereocenters. The number of nitrogens with one attached hydrogen (secondary N) is 4. The first-order chi connectivity index (χ1) is 7.54. The summed E-state index contributed by atoms with van der Waals surface area (Å²) in [6.07, 6.45) is -2.57. The van der Waals surface area contributed by atoms with Crippen LogP contribution >= 0.6 is 0 Å². The lowest BCUT2D eigenvalue weighted by Gasteiger charge is -2.40. The third kappa shape index (κ3) is 3.61. The Hall–Kier alpha value is -0.870. The molecule has 1 aliphatic rings. The van der Waals surface area contributed by atoms with E-state index in [9.17, 15) is 8.78 Å². The lowest BCUT2D eigenvalue weighted by atomic mass is 10.4. The molecule has 0 unspecified atom stereocenters. The first-order valence-corrected chi connectivity index (χ1v) is 4.74. The summed E-state index contributed by atoms with van der Waals surface area (Å²) in [6, 6.07) is 0. The van der Waals surface area contributed by atoms with Crippen molar-refractivity contribution in [3.05, 3.63) is 0 Å². The van der Waals surface area contributed by atoms with Crippen LogP contribution in [0.3, 0.4) is 0 Å². The third-order valence-corrected chi connectivity index (χ3v) is 1.85. The van der Waals surface area contributed by atoms with E-state index in [0.717, 1.165) is 6.34 Å². The Balaban J connectivity index is 2.67. The van der Waals surface area contributed by atoms with Gasteiger partial charge in [0, 0.05) is 13.1 Å². The largest absolute Gasteiger partial charge is 0.411 e. The Labute approximate surface area is 90.9 Å². The van der Waals surface area contributed by atoms with E-state index in [4.69, 9.17) is 10.2 Å². The molecule has 0 aromatic rings. The van der Waals surface area contributed by atoms with Gasteiger partial charge in [-0.25, -0.2) is 0 Å². The molecule has 16 heavy (non-hydrogen) atoms. The Morgan fingerprint density at radius 2 is 1.75 bits per heavy atom. The molecule has 1 rings (SSSR count). The molecule has 0 fully saturated rings. The zero-order valence-electron chi connectivity index (χ0n) is 8.50. The minimum Gasteiger partial charge on any atom is -0.395 e. The van der Waals surface area contributed by atoms with Crippen LogP contribution in [0.4, 0.5) is 8.78 Å². The molecule has 1 aliphatic heterocycles. The Morgan fingerprint density at radius 3 is 2.19 bits per heavy atom. The van der Waals surface area contributed by atoms with Gasteiger partial charge in [-0.15, -0.1) is 0 Å². The van der Waals surface area contributed by atoms with Crippen LogP contribution in [-0.2, 0) is 0 Å². The van der Waals surface area contributed by atoms with Crippen molar-refractivity contribution in [2.75, 3.05) is 26.3 Å². The second-order valence-electron chi connectivity index (χ2n) is 3.12. The summed E-state index contributed by atoms with van der Waals surface area (Å²) in [4.78, 5) is 2.89. The van der Waals surface area contributed by atoms with E-state index < -0.39 is 12.1 Å². The van der Waals surface area contributed by atoms with E-state index in [1.807, 2.05) is 5.32 Å². The molecule has 0 saturated carbocycles. The Morgan fingerprint density at radius 1 is 1.19 bits per heavy atom. The van der Waals surface area contributed by atoms with Crippen molar-refractivity contribution in [1.82, 2.24) is 21.3 Å². The molecule has 0 saturated heterocycles. The number of aliphatic hydroxyl groups is 2. The fourth-order valence-corrected chi connectivity index (χ4v) is 1.24. The van der Waals surface area contributed by atoms with Gasteiger partial charge in [-0.2, -0.15) is 19.1 Å². The number of hydrogen-bond acceptors (Lipinski definition) is 7. The van der Waals surface area contributed by atoms with Gasteiger partial charge in [0.1, 0.15) is 0 Å². The number of rotatable bonds is 6. The van der Waals surface area contributed by atoms with Gasteiger partial charge in [0.05, 0.1) is 19.6 Å². The van der Waals surface area contributed by atoms with E-state index in [-0.39, 0.29) is 26.3 Å². The topological polar surface area (TPSA) is 101 Å². The molecule has 0 bridgehead atoms. The zero-order chi connectivity index (χ0) is 12.1. The van der Waals surface area contributed by atoms with Crippen molar-refractivity contribution in [3.8, 4) is 0 Å². The van der Waals surface area contributed by atoms with Crippen LogP contribution in [0.1, 0.15) is 0 Å². The summed E-state index contributed by atoms with van der Waals surface area (Å²) in [5.74, 6) is -1.50. The highest BCUT2D eigenvalue weighted by Crippen LogP contribution is 2.15. The normalized spacial score (nSPS) is 21.8. The van der Waals surface area contributed by atoms with Crippen LogP contribution in [-0.4, -0.2) is 54.9 Å². The molecule has 9 heteroatoms. The molecule has 0 radical (unpaired) electrons. The van der Waals surface area contributed by atoms with Gasteiger partial charge in [-0.1, -0.05) is 0 Å². The number of hydrogen-bond donors (Lipinski definition) is 6. The van der Waals surface area contributed by atoms with Crippen LogP contribution in [0.15, 0.2) is 4.99 Å². The number of halogens is 2. The molecule has 0 amide bonds. The summed E-state index contributed by atoms with van der Waals surface area (Å²) in [5.41, 5.74) is 0. The van der Waals surface area contributed by atoms with Crippen LogP contribution in [0.25, 0.3) is 0 Å². The van der Waals surface area contributed by atoms with Crippen molar-refractivity contribution in [2.24, 2.45) is 4.99 Å². The van der Waals surface area contributed by atoms with Gasteiger partial charge in [0.2, 0.25) is 5.91 Å². The van der Waals surface area contributed by atoms with E-state index >= 15 is 0 Å². The van der Waals surface area contributed by atoms with Crippen molar-refractivity contribution >= 4 is 6.34 Å². The SMILES string of the molecule is OCCNC1(NCCO)NC=NC(F)(F)N1. The Bertz CT molecular complexity index is 243. The lowest BCUT2D eigenvalue weighted by molar-refractivity contribution is -0.0835. The third-order valence-electron chi connectivity index (χ3n) is 1.85. The summed E-state index contributed by atoms with van der Waals surface area (Å²) >= 11 is 0. The maximum absolute atomic E-state index is 13.0. The highest BCUT2D eigenvalue weighted by molar-refractivity contribution is 5.57. The first-order valence-electron chi connectivity index (χ1n) is 4.74. The van der Waals surface area contributed by atoms with E-state index in [0.29, 0.717) is 0 Å². The predicted molar refractivity (Wildman–Crippen MR) is 52.6 cm³/mol. The summed E-state index contributed by atoms with van der Waals surface area (Å²) in [5, 5.41) is 26.9. The van der Waals surface area contributed by atoms with Crippen LogP contribution in [0, 0.1) is 0 Å². The fourth-order valence-electron chi connectivity index (χ4n) is 1.24. The number of aliphatic hydroxyl groups excluding tert-OH is 2. The van der Waals surface area contributed by atoms with Crippen LogP contribution in [0.5, 0.6) is 0 Å². The average molecular weight is 239 g/mol. The van der Waals surface area contributed by atoms with Gasteiger partial charge in [-0.3, -0.25) is 10.6 Å². The average Bonchev–Trinajstić information content (AvgIpc) is 2.22. The maximum atomic E-state index is 13.0. The first kappa shape index (κ1) is 13.2. The molecule has 1 heterocycles. The second kappa shape index (κ2) is 5.46. The minimum atomic E-state index is -3.42. The smallest absolute Gasteiger partial charge is 0.395 e. The molecule has 7 nitrogen and oxygen atoms in total. The van der Waals surface area contributed by atoms with Gasteiger partial charge in [0.15, 0.2) is 0 Å². The van der Waals surface area contributed by atoms with E-state index in [2.05, 4.69) is 20.9 Å². The second-order valence-corrected chi connectivity index (χ2v) is 3.12. The molecular formula is C7H15F2N5O2. The number of alkyl halides is 2. The quantitative estimate of drug-likeness (QED) is 0.227. The van der Waals surface area contributed by atoms with Gasteiger partial charge < -0.3 is 15.5 Å². The van der Waals surface area contributed by atoms with Crippen LogP contribution < -0.4 is 21.3 Å². The van der Waals surface area contributed by atoms with Gasteiger partial charge in [0.25, 0.3) is 0 Å². The molecule has 0 aromatic carbocycles. The number of aliphatic imine (C=N–C) groups is 1.